The summed E-state index contributed by atoms with van der Waals surface area (Å²) in [5.41, 5.74) is 2.91. The number of para-hydroxylation sites is 1. The normalized spacial score (nSPS) is 11.0. The van der Waals surface area contributed by atoms with E-state index in [1.807, 2.05) is 66.1 Å². The molecule has 0 saturated heterocycles. The SMILES string of the molecule is COc1ccc(Cl)cc1CSc1nnc(-c2ccoc2C)n1-c1ccccc1. The van der Waals surface area contributed by atoms with Gasteiger partial charge in [-0.15, -0.1) is 10.2 Å². The summed E-state index contributed by atoms with van der Waals surface area (Å²) in [5.74, 6) is 3.00. The number of halogens is 1. The zero-order valence-electron chi connectivity index (χ0n) is 15.4. The first kappa shape index (κ1) is 18.7. The van der Waals surface area contributed by atoms with Gasteiger partial charge in [-0.25, -0.2) is 0 Å². The Morgan fingerprint density at radius 3 is 2.64 bits per heavy atom. The molecule has 0 radical (unpaired) electrons. The van der Waals surface area contributed by atoms with Crippen molar-refractivity contribution in [3.05, 3.63) is 77.2 Å². The van der Waals surface area contributed by atoms with Crippen molar-refractivity contribution in [1.29, 1.82) is 0 Å². The van der Waals surface area contributed by atoms with Gasteiger partial charge in [0.1, 0.15) is 11.5 Å². The van der Waals surface area contributed by atoms with Crippen LogP contribution in [0.25, 0.3) is 17.1 Å². The number of hydrogen-bond acceptors (Lipinski definition) is 5. The summed E-state index contributed by atoms with van der Waals surface area (Å²) in [4.78, 5) is 0. The molecular formula is C21H18ClN3O2S. The molecule has 0 fully saturated rings. The molecule has 5 nitrogen and oxygen atoms in total. The monoisotopic (exact) mass is 411 g/mol. The van der Waals surface area contributed by atoms with Crippen LogP contribution in [0.15, 0.2) is 70.4 Å². The van der Waals surface area contributed by atoms with Gasteiger partial charge in [-0.1, -0.05) is 41.6 Å². The lowest BCUT2D eigenvalue weighted by atomic mass is 10.2. The molecular weight excluding hydrogens is 394 g/mol. The Bertz CT molecular complexity index is 1090. The third-order valence-electron chi connectivity index (χ3n) is 4.35. The summed E-state index contributed by atoms with van der Waals surface area (Å²) in [6.07, 6.45) is 1.67. The quantitative estimate of drug-likeness (QED) is 0.376. The fourth-order valence-corrected chi connectivity index (χ4v) is 4.09. The Balaban J connectivity index is 1.73. The first-order chi connectivity index (χ1) is 13.7. The van der Waals surface area contributed by atoms with Gasteiger partial charge < -0.3 is 9.15 Å². The zero-order chi connectivity index (χ0) is 19.5. The highest BCUT2D eigenvalue weighted by Gasteiger charge is 2.19. The van der Waals surface area contributed by atoms with Crippen LogP contribution in [0.2, 0.25) is 5.02 Å². The third-order valence-corrected chi connectivity index (χ3v) is 5.56. The summed E-state index contributed by atoms with van der Waals surface area (Å²) in [6.45, 7) is 1.92. The van der Waals surface area contributed by atoms with E-state index in [9.17, 15) is 0 Å². The van der Waals surface area contributed by atoms with Gasteiger partial charge in [-0.3, -0.25) is 4.57 Å². The average Bonchev–Trinajstić information content (AvgIpc) is 3.32. The van der Waals surface area contributed by atoms with Gasteiger partial charge in [0.25, 0.3) is 0 Å². The van der Waals surface area contributed by atoms with E-state index >= 15 is 0 Å². The van der Waals surface area contributed by atoms with E-state index in [0.717, 1.165) is 39.3 Å². The predicted octanol–water partition coefficient (Wildman–Crippen LogP) is 5.79. The second-order valence-electron chi connectivity index (χ2n) is 6.11. The minimum absolute atomic E-state index is 0.652. The fraction of sp³-hybridized carbons (Fsp3) is 0.143. The fourth-order valence-electron chi connectivity index (χ4n) is 2.97. The van der Waals surface area contributed by atoms with Gasteiger partial charge in [0.05, 0.1) is 18.9 Å². The van der Waals surface area contributed by atoms with Crippen LogP contribution in [0.4, 0.5) is 0 Å². The van der Waals surface area contributed by atoms with Crippen molar-refractivity contribution < 1.29 is 9.15 Å². The molecule has 7 heteroatoms. The highest BCUT2D eigenvalue weighted by molar-refractivity contribution is 7.98. The molecule has 0 N–H and O–H groups in total. The van der Waals surface area contributed by atoms with Crippen molar-refractivity contribution in [3.63, 3.8) is 0 Å². The van der Waals surface area contributed by atoms with Gasteiger partial charge in [0.2, 0.25) is 0 Å². The Morgan fingerprint density at radius 2 is 1.93 bits per heavy atom. The van der Waals surface area contributed by atoms with Crippen molar-refractivity contribution >= 4 is 23.4 Å². The summed E-state index contributed by atoms with van der Waals surface area (Å²) in [5, 5.41) is 10.3. The zero-order valence-corrected chi connectivity index (χ0v) is 17.0. The van der Waals surface area contributed by atoms with Gasteiger partial charge in [-0.05, 0) is 43.3 Å². The molecule has 0 spiro atoms. The highest BCUT2D eigenvalue weighted by Crippen LogP contribution is 2.33. The standard InChI is InChI=1S/C21H18ClN3O2S/c1-14-18(10-11-27-14)20-23-24-21(25(20)17-6-4-3-5-7-17)28-13-15-12-16(22)8-9-19(15)26-2/h3-12H,13H2,1-2H3. The lowest BCUT2D eigenvalue weighted by Crippen LogP contribution is -2.00. The average molecular weight is 412 g/mol. The summed E-state index contributed by atoms with van der Waals surface area (Å²) < 4.78 is 13.0. The second-order valence-corrected chi connectivity index (χ2v) is 7.49. The number of nitrogens with zero attached hydrogens (tertiary/aromatic N) is 3. The molecule has 28 heavy (non-hydrogen) atoms. The highest BCUT2D eigenvalue weighted by atomic mass is 35.5. The van der Waals surface area contributed by atoms with E-state index in [2.05, 4.69) is 10.2 Å². The van der Waals surface area contributed by atoms with Gasteiger partial charge in [0.15, 0.2) is 11.0 Å². The van der Waals surface area contributed by atoms with Crippen LogP contribution < -0.4 is 4.74 Å². The molecule has 0 unspecified atom stereocenters. The number of furan rings is 1. The molecule has 0 amide bonds. The van der Waals surface area contributed by atoms with Crippen molar-refractivity contribution in [1.82, 2.24) is 14.8 Å². The third kappa shape index (κ3) is 3.66. The number of benzene rings is 2. The summed E-state index contributed by atoms with van der Waals surface area (Å²) >= 11 is 7.74. The van der Waals surface area contributed by atoms with E-state index in [1.54, 1.807) is 25.1 Å². The molecule has 4 rings (SSSR count). The largest absolute Gasteiger partial charge is 0.496 e. The van der Waals surface area contributed by atoms with Crippen LogP contribution >= 0.6 is 23.4 Å². The van der Waals surface area contributed by atoms with Crippen LogP contribution in [-0.2, 0) is 5.75 Å². The number of ether oxygens (including phenoxy) is 1. The van der Waals surface area contributed by atoms with Crippen LogP contribution in [0.3, 0.4) is 0 Å². The van der Waals surface area contributed by atoms with Gasteiger partial charge >= 0.3 is 0 Å². The van der Waals surface area contributed by atoms with E-state index in [4.69, 9.17) is 20.8 Å². The number of methoxy groups -OCH3 is 1. The number of aryl methyl sites for hydroxylation is 1. The van der Waals surface area contributed by atoms with Crippen LogP contribution in [0.1, 0.15) is 11.3 Å². The van der Waals surface area contributed by atoms with Crippen LogP contribution in [-0.4, -0.2) is 21.9 Å². The first-order valence-electron chi connectivity index (χ1n) is 8.68. The Kier molecular flexibility index (Phi) is 5.41. The van der Waals surface area contributed by atoms with Crippen LogP contribution in [0, 0.1) is 6.92 Å². The van der Waals surface area contributed by atoms with Gasteiger partial charge in [-0.2, -0.15) is 0 Å². The molecule has 2 aromatic carbocycles. The van der Waals surface area contributed by atoms with E-state index in [-0.39, 0.29) is 0 Å². The molecule has 0 aliphatic rings. The van der Waals surface area contributed by atoms with E-state index in [1.165, 1.54) is 0 Å². The van der Waals surface area contributed by atoms with Crippen molar-refractivity contribution in [3.8, 4) is 22.8 Å². The number of hydrogen-bond donors (Lipinski definition) is 0. The number of rotatable bonds is 6. The molecule has 0 aliphatic heterocycles. The maximum absolute atomic E-state index is 6.16. The lowest BCUT2D eigenvalue weighted by Gasteiger charge is -2.11. The minimum atomic E-state index is 0.652. The van der Waals surface area contributed by atoms with E-state index in [0.29, 0.717) is 10.8 Å². The second kappa shape index (κ2) is 8.12. The molecule has 4 aromatic rings. The molecule has 0 saturated carbocycles. The Morgan fingerprint density at radius 1 is 1.11 bits per heavy atom. The van der Waals surface area contributed by atoms with E-state index < -0.39 is 0 Å². The maximum Gasteiger partial charge on any atom is 0.196 e. The van der Waals surface area contributed by atoms with Crippen LogP contribution in [0.5, 0.6) is 5.75 Å². The molecule has 0 atom stereocenters. The molecule has 142 valence electrons. The Labute approximate surface area is 172 Å². The topological polar surface area (TPSA) is 53.1 Å². The Hall–Kier alpha value is -2.70. The smallest absolute Gasteiger partial charge is 0.196 e. The predicted molar refractivity (Wildman–Crippen MR) is 111 cm³/mol. The maximum atomic E-state index is 6.16. The summed E-state index contributed by atoms with van der Waals surface area (Å²) in [7, 11) is 1.66. The first-order valence-corrected chi connectivity index (χ1v) is 10.0. The molecule has 2 aromatic heterocycles. The van der Waals surface area contributed by atoms with Gasteiger partial charge in [0, 0.05) is 22.0 Å². The van der Waals surface area contributed by atoms with Crippen molar-refractivity contribution in [2.75, 3.05) is 7.11 Å². The number of aromatic nitrogens is 3. The van der Waals surface area contributed by atoms with Crippen molar-refractivity contribution in [2.45, 2.75) is 17.8 Å². The molecule has 2 heterocycles. The summed E-state index contributed by atoms with van der Waals surface area (Å²) in [6, 6.07) is 17.6. The number of thioether (sulfide) groups is 1. The van der Waals surface area contributed by atoms with Crippen molar-refractivity contribution in [2.24, 2.45) is 0 Å². The molecule has 0 aliphatic carbocycles. The minimum Gasteiger partial charge on any atom is -0.496 e. The lowest BCUT2D eigenvalue weighted by molar-refractivity contribution is 0.411. The molecule has 0 bridgehead atoms.